The van der Waals surface area contributed by atoms with Gasteiger partial charge in [-0.25, -0.2) is 9.37 Å². The third kappa shape index (κ3) is 4.86. The van der Waals surface area contributed by atoms with Gasteiger partial charge in [-0.3, -0.25) is 14.6 Å². The molecule has 160 valence electrons. The van der Waals surface area contributed by atoms with E-state index in [1.54, 1.807) is 12.1 Å². The molecule has 0 spiro atoms. The Morgan fingerprint density at radius 1 is 1.06 bits per heavy atom. The zero-order valence-electron chi connectivity index (χ0n) is 16.6. The van der Waals surface area contributed by atoms with Crippen molar-refractivity contribution < 1.29 is 9.18 Å². The number of carbonyl (C=O) groups excluding carboxylic acids is 1. The predicted octanol–water partition coefficient (Wildman–Crippen LogP) is 2.82. The van der Waals surface area contributed by atoms with Gasteiger partial charge in [0.15, 0.2) is 0 Å². The van der Waals surface area contributed by atoms with Crippen molar-refractivity contribution >= 4 is 29.1 Å². The topological polar surface area (TPSA) is 81.3 Å². The van der Waals surface area contributed by atoms with Crippen LogP contribution in [0.2, 0.25) is 5.02 Å². The van der Waals surface area contributed by atoms with E-state index in [0.717, 1.165) is 24.3 Å². The standard InChI is InChI=1S/C22H21ClFN5O2/c23-18-3-1-2-4-19(18)28-9-11-29(12-10-28)22-26-14-17(21(31)27-22)20(30)25-13-15-5-7-16(24)8-6-15/h1-8,14H,9-13H2,(H,25,30)(H,26,27,31). The van der Waals surface area contributed by atoms with Crippen LogP contribution < -0.4 is 20.7 Å². The summed E-state index contributed by atoms with van der Waals surface area (Å²) in [6, 6.07) is 13.5. The van der Waals surface area contributed by atoms with Crippen LogP contribution in [0.15, 0.2) is 59.5 Å². The number of aromatic nitrogens is 2. The summed E-state index contributed by atoms with van der Waals surface area (Å²) in [5, 5.41) is 3.36. The molecule has 0 aliphatic carbocycles. The van der Waals surface area contributed by atoms with Crippen LogP contribution in [0.1, 0.15) is 15.9 Å². The number of piperazine rings is 1. The number of anilines is 2. The monoisotopic (exact) mass is 441 g/mol. The van der Waals surface area contributed by atoms with Crippen LogP contribution in [0.3, 0.4) is 0 Å². The summed E-state index contributed by atoms with van der Waals surface area (Å²) in [5.74, 6) is -0.453. The van der Waals surface area contributed by atoms with Crippen molar-refractivity contribution in [2.75, 3.05) is 36.0 Å². The second kappa shape index (κ2) is 9.18. The summed E-state index contributed by atoms with van der Waals surface area (Å²) < 4.78 is 13.0. The number of aromatic amines is 1. The van der Waals surface area contributed by atoms with E-state index in [-0.39, 0.29) is 17.9 Å². The highest BCUT2D eigenvalue weighted by molar-refractivity contribution is 6.33. The number of halogens is 2. The van der Waals surface area contributed by atoms with Crippen molar-refractivity contribution in [1.29, 1.82) is 0 Å². The molecular weight excluding hydrogens is 421 g/mol. The molecule has 1 aromatic heterocycles. The number of para-hydroxylation sites is 1. The molecule has 2 aromatic carbocycles. The zero-order valence-corrected chi connectivity index (χ0v) is 17.4. The lowest BCUT2D eigenvalue weighted by Crippen LogP contribution is -2.47. The minimum Gasteiger partial charge on any atom is -0.367 e. The Morgan fingerprint density at radius 3 is 2.42 bits per heavy atom. The second-order valence-electron chi connectivity index (χ2n) is 7.18. The summed E-state index contributed by atoms with van der Waals surface area (Å²) in [7, 11) is 0. The molecule has 0 radical (unpaired) electrons. The molecule has 7 nitrogen and oxygen atoms in total. The third-order valence-corrected chi connectivity index (χ3v) is 5.49. The van der Waals surface area contributed by atoms with Gasteiger partial charge < -0.3 is 15.1 Å². The van der Waals surface area contributed by atoms with Crippen molar-refractivity contribution in [1.82, 2.24) is 15.3 Å². The number of hydrogen-bond acceptors (Lipinski definition) is 5. The lowest BCUT2D eigenvalue weighted by Gasteiger charge is -2.36. The Morgan fingerprint density at radius 2 is 1.74 bits per heavy atom. The first-order valence-electron chi connectivity index (χ1n) is 9.87. The maximum absolute atomic E-state index is 13.0. The summed E-state index contributed by atoms with van der Waals surface area (Å²) in [4.78, 5) is 35.9. The van der Waals surface area contributed by atoms with Crippen LogP contribution in [0.25, 0.3) is 0 Å². The van der Waals surface area contributed by atoms with Crippen molar-refractivity contribution in [3.05, 3.63) is 87.0 Å². The Hall–Kier alpha value is -3.39. The van der Waals surface area contributed by atoms with E-state index >= 15 is 0 Å². The number of nitrogens with one attached hydrogen (secondary N) is 2. The fourth-order valence-corrected chi connectivity index (χ4v) is 3.71. The first kappa shape index (κ1) is 20.9. The molecule has 3 aromatic rings. The molecule has 1 amide bonds. The van der Waals surface area contributed by atoms with Gasteiger partial charge in [-0.1, -0.05) is 35.9 Å². The van der Waals surface area contributed by atoms with Gasteiger partial charge in [-0.2, -0.15) is 0 Å². The van der Waals surface area contributed by atoms with Crippen LogP contribution in [-0.2, 0) is 6.54 Å². The average molecular weight is 442 g/mol. The fourth-order valence-electron chi connectivity index (χ4n) is 3.46. The lowest BCUT2D eigenvalue weighted by molar-refractivity contribution is 0.0949. The van der Waals surface area contributed by atoms with E-state index in [9.17, 15) is 14.0 Å². The number of carbonyl (C=O) groups is 1. The van der Waals surface area contributed by atoms with Gasteiger partial charge in [0.1, 0.15) is 11.4 Å². The van der Waals surface area contributed by atoms with Crippen molar-refractivity contribution in [2.24, 2.45) is 0 Å². The van der Waals surface area contributed by atoms with Crippen molar-refractivity contribution in [3.63, 3.8) is 0 Å². The van der Waals surface area contributed by atoms with Gasteiger partial charge in [0.2, 0.25) is 5.95 Å². The maximum atomic E-state index is 13.0. The molecule has 0 unspecified atom stereocenters. The van der Waals surface area contributed by atoms with Gasteiger partial charge in [0.25, 0.3) is 11.5 Å². The van der Waals surface area contributed by atoms with E-state index in [0.29, 0.717) is 24.1 Å². The molecule has 1 aliphatic heterocycles. The highest BCUT2D eigenvalue weighted by Gasteiger charge is 2.21. The SMILES string of the molecule is O=C(NCc1ccc(F)cc1)c1cnc(N2CCN(c3ccccc3Cl)CC2)[nH]c1=O. The van der Waals surface area contributed by atoms with Gasteiger partial charge in [-0.05, 0) is 29.8 Å². The van der Waals surface area contributed by atoms with Crippen LogP contribution in [0.4, 0.5) is 16.0 Å². The number of benzene rings is 2. The highest BCUT2D eigenvalue weighted by atomic mass is 35.5. The summed E-state index contributed by atoms with van der Waals surface area (Å²) in [5.41, 5.74) is 1.14. The number of H-pyrrole nitrogens is 1. The van der Waals surface area contributed by atoms with Crippen LogP contribution in [0.5, 0.6) is 0 Å². The molecule has 31 heavy (non-hydrogen) atoms. The average Bonchev–Trinajstić information content (AvgIpc) is 2.79. The number of rotatable bonds is 5. The Kier molecular flexibility index (Phi) is 6.18. The fraction of sp³-hybridized carbons (Fsp3) is 0.227. The van der Waals surface area contributed by atoms with Gasteiger partial charge in [0, 0.05) is 38.9 Å². The van der Waals surface area contributed by atoms with E-state index in [4.69, 9.17) is 11.6 Å². The quantitative estimate of drug-likeness (QED) is 0.636. The Bertz CT molecular complexity index is 1130. The van der Waals surface area contributed by atoms with E-state index < -0.39 is 11.5 Å². The third-order valence-electron chi connectivity index (χ3n) is 5.17. The van der Waals surface area contributed by atoms with Crippen molar-refractivity contribution in [2.45, 2.75) is 6.54 Å². The van der Waals surface area contributed by atoms with E-state index in [2.05, 4.69) is 20.2 Å². The summed E-state index contributed by atoms with van der Waals surface area (Å²) in [6.45, 7) is 2.96. The number of amides is 1. The molecule has 0 saturated carbocycles. The molecule has 1 aliphatic rings. The number of hydrogen-bond donors (Lipinski definition) is 2. The minimum atomic E-state index is -0.534. The maximum Gasteiger partial charge on any atom is 0.265 e. The molecule has 0 atom stereocenters. The summed E-state index contributed by atoms with van der Waals surface area (Å²) >= 11 is 6.28. The molecular formula is C22H21ClFN5O2. The first-order chi connectivity index (χ1) is 15.0. The zero-order chi connectivity index (χ0) is 21.8. The highest BCUT2D eigenvalue weighted by Crippen LogP contribution is 2.26. The normalized spacial score (nSPS) is 13.9. The molecule has 1 saturated heterocycles. The molecule has 1 fully saturated rings. The minimum absolute atomic E-state index is 0.0689. The lowest BCUT2D eigenvalue weighted by atomic mass is 10.2. The molecule has 4 rings (SSSR count). The van der Waals surface area contributed by atoms with Crippen LogP contribution >= 0.6 is 11.6 Å². The predicted molar refractivity (Wildman–Crippen MR) is 118 cm³/mol. The Labute approximate surface area is 183 Å². The Balaban J connectivity index is 1.37. The van der Waals surface area contributed by atoms with Crippen LogP contribution in [-0.4, -0.2) is 42.1 Å². The van der Waals surface area contributed by atoms with E-state index in [1.165, 1.54) is 18.3 Å². The largest absolute Gasteiger partial charge is 0.367 e. The first-order valence-corrected chi connectivity index (χ1v) is 10.3. The van der Waals surface area contributed by atoms with Gasteiger partial charge >= 0.3 is 0 Å². The second-order valence-corrected chi connectivity index (χ2v) is 7.59. The van der Waals surface area contributed by atoms with Gasteiger partial charge in [-0.15, -0.1) is 0 Å². The number of nitrogens with zero attached hydrogens (tertiary/aromatic N) is 3. The van der Waals surface area contributed by atoms with E-state index in [1.807, 2.05) is 29.2 Å². The molecule has 9 heteroatoms. The van der Waals surface area contributed by atoms with Crippen LogP contribution in [0, 0.1) is 5.82 Å². The van der Waals surface area contributed by atoms with Crippen molar-refractivity contribution in [3.8, 4) is 0 Å². The smallest absolute Gasteiger partial charge is 0.265 e. The summed E-state index contributed by atoms with van der Waals surface area (Å²) in [6.07, 6.45) is 1.29. The molecule has 0 bridgehead atoms. The van der Waals surface area contributed by atoms with Gasteiger partial charge in [0.05, 0.1) is 10.7 Å². The molecule has 2 heterocycles. The molecule has 2 N–H and O–H groups in total.